The van der Waals surface area contributed by atoms with E-state index in [2.05, 4.69) is 9.97 Å². The van der Waals surface area contributed by atoms with Gasteiger partial charge in [-0.1, -0.05) is 30.3 Å². The third-order valence-electron chi connectivity index (χ3n) is 5.31. The van der Waals surface area contributed by atoms with Crippen molar-refractivity contribution >= 4 is 5.91 Å². The molecular formula is C20H25N3O4. The summed E-state index contributed by atoms with van der Waals surface area (Å²) >= 11 is 0. The standard InChI is InChI=1S/C20H25N3O4/c1-13-16(19(26)22-20(27)21-13)12-18(25)23-9-7-15(8-10-23)17(24)11-14-5-3-2-4-6-14/h2-6,15,17,24H,7-12H2,1H3,(H2,21,22,26,27). The van der Waals surface area contributed by atoms with Gasteiger partial charge in [0, 0.05) is 24.3 Å². The Kier molecular flexibility index (Phi) is 5.91. The molecule has 1 amide bonds. The number of nitrogens with zero attached hydrogens (tertiary/aromatic N) is 1. The lowest BCUT2D eigenvalue weighted by Gasteiger charge is -2.34. The number of hydrogen-bond donors (Lipinski definition) is 3. The van der Waals surface area contributed by atoms with Gasteiger partial charge in [0.25, 0.3) is 5.56 Å². The Labute approximate surface area is 157 Å². The number of nitrogens with one attached hydrogen (secondary N) is 2. The normalized spacial score (nSPS) is 16.3. The van der Waals surface area contributed by atoms with Crippen molar-refractivity contribution in [2.75, 3.05) is 13.1 Å². The second-order valence-electron chi connectivity index (χ2n) is 7.16. The van der Waals surface area contributed by atoms with Crippen LogP contribution in [0.1, 0.15) is 29.7 Å². The molecule has 3 N–H and O–H groups in total. The zero-order valence-electron chi connectivity index (χ0n) is 15.4. The molecule has 0 radical (unpaired) electrons. The molecule has 1 saturated heterocycles. The quantitative estimate of drug-likeness (QED) is 0.721. The zero-order valence-corrected chi connectivity index (χ0v) is 15.4. The molecule has 7 nitrogen and oxygen atoms in total. The Hall–Kier alpha value is -2.67. The van der Waals surface area contributed by atoms with Gasteiger partial charge in [0.2, 0.25) is 5.91 Å². The second kappa shape index (κ2) is 8.35. The van der Waals surface area contributed by atoms with Crippen molar-refractivity contribution < 1.29 is 9.90 Å². The van der Waals surface area contributed by atoms with Gasteiger partial charge in [0.05, 0.1) is 12.5 Å². The molecule has 1 atom stereocenters. The van der Waals surface area contributed by atoms with E-state index in [1.54, 1.807) is 11.8 Å². The summed E-state index contributed by atoms with van der Waals surface area (Å²) < 4.78 is 0. The summed E-state index contributed by atoms with van der Waals surface area (Å²) in [4.78, 5) is 42.1. The van der Waals surface area contributed by atoms with E-state index in [4.69, 9.17) is 0 Å². The number of aryl methyl sites for hydroxylation is 1. The summed E-state index contributed by atoms with van der Waals surface area (Å²) in [6.07, 6.45) is 1.64. The van der Waals surface area contributed by atoms with Gasteiger partial charge in [0.15, 0.2) is 0 Å². The largest absolute Gasteiger partial charge is 0.392 e. The van der Waals surface area contributed by atoms with E-state index in [1.165, 1.54) is 0 Å². The molecule has 1 aromatic heterocycles. The van der Waals surface area contributed by atoms with Gasteiger partial charge < -0.3 is 15.0 Å². The summed E-state index contributed by atoms with van der Waals surface area (Å²) in [5, 5.41) is 10.5. The Morgan fingerprint density at radius 1 is 1.19 bits per heavy atom. The van der Waals surface area contributed by atoms with Gasteiger partial charge in [-0.05, 0) is 37.7 Å². The number of rotatable bonds is 5. The topological polar surface area (TPSA) is 106 Å². The maximum atomic E-state index is 12.5. The van der Waals surface area contributed by atoms with E-state index in [-0.39, 0.29) is 18.2 Å². The number of piperidine rings is 1. The maximum absolute atomic E-state index is 12.5. The van der Waals surface area contributed by atoms with Gasteiger partial charge in [-0.2, -0.15) is 0 Å². The van der Waals surface area contributed by atoms with E-state index in [0.717, 1.165) is 18.4 Å². The molecule has 1 aliphatic rings. The van der Waals surface area contributed by atoms with Crippen molar-refractivity contribution in [3.63, 3.8) is 0 Å². The number of amides is 1. The number of H-pyrrole nitrogens is 2. The van der Waals surface area contributed by atoms with Gasteiger partial charge in [0.1, 0.15) is 0 Å². The highest BCUT2D eigenvalue weighted by Crippen LogP contribution is 2.23. The van der Waals surface area contributed by atoms with E-state index < -0.39 is 17.4 Å². The molecule has 27 heavy (non-hydrogen) atoms. The van der Waals surface area contributed by atoms with Crippen LogP contribution in [0.2, 0.25) is 0 Å². The highest BCUT2D eigenvalue weighted by atomic mass is 16.3. The van der Waals surface area contributed by atoms with E-state index in [9.17, 15) is 19.5 Å². The molecule has 0 aliphatic carbocycles. The first-order valence-corrected chi connectivity index (χ1v) is 9.26. The number of benzene rings is 1. The fraction of sp³-hybridized carbons (Fsp3) is 0.450. The number of likely N-dealkylation sites (tertiary alicyclic amines) is 1. The highest BCUT2D eigenvalue weighted by Gasteiger charge is 2.28. The molecule has 0 bridgehead atoms. The van der Waals surface area contributed by atoms with Crippen molar-refractivity contribution in [1.29, 1.82) is 0 Å². The molecule has 0 spiro atoms. The summed E-state index contributed by atoms with van der Waals surface area (Å²) in [5.74, 6) is 0.0270. The van der Waals surface area contributed by atoms with Gasteiger partial charge >= 0.3 is 5.69 Å². The Balaban J connectivity index is 1.55. The van der Waals surface area contributed by atoms with Crippen molar-refractivity contribution in [3.8, 4) is 0 Å². The highest BCUT2D eigenvalue weighted by molar-refractivity contribution is 5.79. The van der Waals surface area contributed by atoms with Crippen LogP contribution in [-0.4, -0.2) is 45.1 Å². The average Bonchev–Trinajstić information content (AvgIpc) is 2.65. The van der Waals surface area contributed by atoms with Crippen LogP contribution in [0.4, 0.5) is 0 Å². The number of carbonyl (C=O) groups excluding carboxylic acids is 1. The van der Waals surface area contributed by atoms with Crippen molar-refractivity contribution in [3.05, 3.63) is 68.0 Å². The maximum Gasteiger partial charge on any atom is 0.325 e. The minimum absolute atomic E-state index is 0.0326. The summed E-state index contributed by atoms with van der Waals surface area (Å²) in [6.45, 7) is 2.75. The zero-order chi connectivity index (χ0) is 19.4. The molecule has 3 rings (SSSR count). The smallest absolute Gasteiger partial charge is 0.325 e. The van der Waals surface area contributed by atoms with Gasteiger partial charge in [-0.3, -0.25) is 14.6 Å². The van der Waals surface area contributed by atoms with E-state index in [1.807, 2.05) is 30.3 Å². The van der Waals surface area contributed by atoms with Crippen LogP contribution in [-0.2, 0) is 17.6 Å². The minimum Gasteiger partial charge on any atom is -0.392 e. The average molecular weight is 371 g/mol. The summed E-state index contributed by atoms with van der Waals surface area (Å²) in [6, 6.07) is 9.89. The summed E-state index contributed by atoms with van der Waals surface area (Å²) in [7, 11) is 0. The first-order chi connectivity index (χ1) is 12.9. The monoisotopic (exact) mass is 371 g/mol. The van der Waals surface area contributed by atoms with Crippen molar-refractivity contribution in [2.24, 2.45) is 5.92 Å². The molecule has 1 aliphatic heterocycles. The molecule has 0 saturated carbocycles. The lowest BCUT2D eigenvalue weighted by Crippen LogP contribution is -2.43. The van der Waals surface area contributed by atoms with Crippen LogP contribution in [0, 0.1) is 12.8 Å². The lowest BCUT2D eigenvalue weighted by atomic mass is 9.88. The van der Waals surface area contributed by atoms with E-state index >= 15 is 0 Å². The van der Waals surface area contributed by atoms with Crippen LogP contribution in [0.3, 0.4) is 0 Å². The molecular weight excluding hydrogens is 346 g/mol. The number of hydrogen-bond acceptors (Lipinski definition) is 4. The number of carbonyl (C=O) groups is 1. The Bertz CT molecular complexity index is 895. The number of aliphatic hydroxyl groups is 1. The molecule has 7 heteroatoms. The molecule has 1 aromatic carbocycles. The number of aromatic nitrogens is 2. The number of aromatic amines is 2. The van der Waals surface area contributed by atoms with Crippen molar-refractivity contribution in [2.45, 2.75) is 38.7 Å². The minimum atomic E-state index is -0.568. The Morgan fingerprint density at radius 2 is 1.85 bits per heavy atom. The third-order valence-corrected chi connectivity index (χ3v) is 5.31. The van der Waals surface area contributed by atoms with Crippen LogP contribution < -0.4 is 11.2 Å². The van der Waals surface area contributed by atoms with Crippen molar-refractivity contribution in [1.82, 2.24) is 14.9 Å². The SMILES string of the molecule is Cc1[nH]c(=O)[nH]c(=O)c1CC(=O)N1CCC(C(O)Cc2ccccc2)CC1. The molecule has 2 heterocycles. The van der Waals surface area contributed by atoms with Gasteiger partial charge in [-0.25, -0.2) is 4.79 Å². The first kappa shape index (κ1) is 19.1. The fourth-order valence-corrected chi connectivity index (χ4v) is 3.66. The lowest BCUT2D eigenvalue weighted by molar-refractivity contribution is -0.132. The summed E-state index contributed by atoms with van der Waals surface area (Å²) in [5.41, 5.74) is 0.743. The third kappa shape index (κ3) is 4.74. The second-order valence-corrected chi connectivity index (χ2v) is 7.16. The molecule has 1 unspecified atom stereocenters. The van der Waals surface area contributed by atoms with Crippen LogP contribution >= 0.6 is 0 Å². The van der Waals surface area contributed by atoms with Crippen LogP contribution in [0.25, 0.3) is 0 Å². The molecule has 144 valence electrons. The van der Waals surface area contributed by atoms with Crippen LogP contribution in [0.15, 0.2) is 39.9 Å². The molecule has 1 fully saturated rings. The Morgan fingerprint density at radius 3 is 2.48 bits per heavy atom. The predicted octanol–water partition coefficient (Wildman–Crippen LogP) is 0.756. The fourth-order valence-electron chi connectivity index (χ4n) is 3.66. The van der Waals surface area contributed by atoms with E-state index in [0.29, 0.717) is 30.8 Å². The first-order valence-electron chi connectivity index (χ1n) is 9.26. The molecule has 2 aromatic rings. The predicted molar refractivity (Wildman–Crippen MR) is 102 cm³/mol. The number of aliphatic hydroxyl groups excluding tert-OH is 1. The van der Waals surface area contributed by atoms with Gasteiger partial charge in [-0.15, -0.1) is 0 Å². The van der Waals surface area contributed by atoms with Crippen LogP contribution in [0.5, 0.6) is 0 Å².